The van der Waals surface area contributed by atoms with Crippen LogP contribution in [0.3, 0.4) is 0 Å². The molecule has 0 bridgehead atoms. The van der Waals surface area contributed by atoms with Crippen LogP contribution in [0.1, 0.15) is 27.7 Å². The summed E-state index contributed by atoms with van der Waals surface area (Å²) in [6.07, 6.45) is -3.13. The molecule has 8 heteroatoms. The molecule has 1 rings (SSSR count). The van der Waals surface area contributed by atoms with Crippen molar-refractivity contribution in [2.45, 2.75) is 52.3 Å². The van der Waals surface area contributed by atoms with E-state index in [0.717, 1.165) is 0 Å². The molecule has 0 aliphatic carbocycles. The third-order valence-corrected chi connectivity index (χ3v) is 3.29. The van der Waals surface area contributed by atoms with Crippen molar-refractivity contribution in [3.8, 4) is 0 Å². The Morgan fingerprint density at radius 3 is 1.95 bits per heavy atom. The summed E-state index contributed by atoms with van der Waals surface area (Å²) >= 11 is 0. The van der Waals surface area contributed by atoms with Crippen LogP contribution >= 0.6 is 0 Å². The summed E-state index contributed by atoms with van der Waals surface area (Å²) in [5.41, 5.74) is 0. The van der Waals surface area contributed by atoms with Crippen molar-refractivity contribution < 1.29 is 38.1 Å². The molecule has 5 atom stereocenters. The molecule has 0 N–H and O–H groups in total. The predicted octanol–water partition coefficient (Wildman–Crippen LogP) is 0.420. The average Bonchev–Trinajstić information content (AvgIpc) is 2.41. The Balaban J connectivity index is 2.95. The van der Waals surface area contributed by atoms with Crippen molar-refractivity contribution in [1.29, 1.82) is 0 Å². The molecular formula is C14H22O8. The van der Waals surface area contributed by atoms with E-state index >= 15 is 0 Å². The number of carbonyl (C=O) groups is 3. The predicted molar refractivity (Wildman–Crippen MR) is 72.6 cm³/mol. The first-order valence-corrected chi connectivity index (χ1v) is 6.92. The van der Waals surface area contributed by atoms with Crippen molar-refractivity contribution >= 4 is 17.9 Å². The lowest BCUT2D eigenvalue weighted by Crippen LogP contribution is -2.58. The monoisotopic (exact) mass is 318 g/mol. The van der Waals surface area contributed by atoms with Crippen LogP contribution in [0.25, 0.3) is 0 Å². The lowest BCUT2D eigenvalue weighted by molar-refractivity contribution is -0.288. The minimum absolute atomic E-state index is 0.0130. The molecule has 1 aliphatic rings. The standard InChI is InChI=1S/C14H22O8/c1-7-11(6-19-8(2)15)22-14(18-5)13(21-10(4)17)12(7)20-9(3)16/h7,11-14H,6H2,1-5H3/t7-,11?,12-,13?,14-/m1/s1. The van der Waals surface area contributed by atoms with E-state index < -0.39 is 42.5 Å². The van der Waals surface area contributed by atoms with Crippen LogP contribution in [0.5, 0.6) is 0 Å². The van der Waals surface area contributed by atoms with Gasteiger partial charge in [0.25, 0.3) is 0 Å². The van der Waals surface area contributed by atoms with Gasteiger partial charge in [0, 0.05) is 33.8 Å². The second-order valence-corrected chi connectivity index (χ2v) is 5.09. The van der Waals surface area contributed by atoms with Crippen LogP contribution in [0.2, 0.25) is 0 Å². The zero-order valence-electron chi connectivity index (χ0n) is 13.4. The van der Waals surface area contributed by atoms with E-state index in [0.29, 0.717) is 0 Å². The summed E-state index contributed by atoms with van der Waals surface area (Å²) in [5.74, 6) is -1.87. The highest BCUT2D eigenvalue weighted by Gasteiger charge is 2.48. The summed E-state index contributed by atoms with van der Waals surface area (Å²) < 4.78 is 26.2. The maximum Gasteiger partial charge on any atom is 0.303 e. The largest absolute Gasteiger partial charge is 0.463 e. The van der Waals surface area contributed by atoms with Gasteiger partial charge in [-0.2, -0.15) is 0 Å². The molecule has 0 aromatic heterocycles. The molecule has 0 radical (unpaired) electrons. The highest BCUT2D eigenvalue weighted by Crippen LogP contribution is 2.31. The second kappa shape index (κ2) is 8.09. The van der Waals surface area contributed by atoms with E-state index in [1.165, 1.54) is 27.9 Å². The van der Waals surface area contributed by atoms with Crippen LogP contribution in [-0.2, 0) is 38.1 Å². The van der Waals surface area contributed by atoms with Gasteiger partial charge in [-0.15, -0.1) is 0 Å². The van der Waals surface area contributed by atoms with Crippen molar-refractivity contribution in [1.82, 2.24) is 0 Å². The molecule has 126 valence electrons. The number of rotatable bonds is 5. The number of hydrogen-bond acceptors (Lipinski definition) is 8. The van der Waals surface area contributed by atoms with E-state index in [-0.39, 0.29) is 12.5 Å². The van der Waals surface area contributed by atoms with Gasteiger partial charge in [0.05, 0.1) is 0 Å². The molecule has 1 aliphatic heterocycles. The fourth-order valence-electron chi connectivity index (χ4n) is 2.30. The van der Waals surface area contributed by atoms with Crippen molar-refractivity contribution in [2.75, 3.05) is 13.7 Å². The molecule has 22 heavy (non-hydrogen) atoms. The Morgan fingerprint density at radius 2 is 1.50 bits per heavy atom. The van der Waals surface area contributed by atoms with Gasteiger partial charge in [0.1, 0.15) is 18.8 Å². The Hall–Kier alpha value is -1.67. The molecule has 2 unspecified atom stereocenters. The molecule has 8 nitrogen and oxygen atoms in total. The quantitative estimate of drug-likeness (QED) is 0.531. The van der Waals surface area contributed by atoms with Gasteiger partial charge in [-0.25, -0.2) is 0 Å². The third kappa shape index (κ3) is 4.96. The van der Waals surface area contributed by atoms with Gasteiger partial charge in [0.15, 0.2) is 12.4 Å². The van der Waals surface area contributed by atoms with Crippen LogP contribution in [0.15, 0.2) is 0 Å². The highest BCUT2D eigenvalue weighted by atomic mass is 16.7. The summed E-state index contributed by atoms with van der Waals surface area (Å²) in [4.78, 5) is 33.5. The molecular weight excluding hydrogens is 296 g/mol. The van der Waals surface area contributed by atoms with Crippen molar-refractivity contribution in [3.63, 3.8) is 0 Å². The van der Waals surface area contributed by atoms with Crippen molar-refractivity contribution in [2.24, 2.45) is 5.92 Å². The second-order valence-electron chi connectivity index (χ2n) is 5.09. The first kappa shape index (κ1) is 18.4. The van der Waals surface area contributed by atoms with E-state index in [2.05, 4.69) is 0 Å². The van der Waals surface area contributed by atoms with Crippen molar-refractivity contribution in [3.05, 3.63) is 0 Å². The summed E-state index contributed by atoms with van der Waals surface area (Å²) in [6, 6.07) is 0. The normalized spacial score (nSPS) is 31.2. The number of carbonyl (C=O) groups excluding carboxylic acids is 3. The minimum atomic E-state index is -0.926. The Labute approximate surface area is 129 Å². The smallest absolute Gasteiger partial charge is 0.303 e. The van der Waals surface area contributed by atoms with Crippen LogP contribution in [0.4, 0.5) is 0 Å². The summed E-state index contributed by atoms with van der Waals surface area (Å²) in [7, 11) is 1.38. The van der Waals surface area contributed by atoms with E-state index in [4.69, 9.17) is 23.7 Å². The molecule has 0 aromatic carbocycles. The van der Waals surface area contributed by atoms with E-state index in [1.54, 1.807) is 6.92 Å². The number of esters is 3. The minimum Gasteiger partial charge on any atom is -0.463 e. The van der Waals surface area contributed by atoms with Crippen LogP contribution in [0, 0.1) is 5.92 Å². The Kier molecular flexibility index (Phi) is 6.76. The maximum absolute atomic E-state index is 11.3. The molecule has 0 amide bonds. The van der Waals surface area contributed by atoms with Gasteiger partial charge in [0.2, 0.25) is 0 Å². The lowest BCUT2D eigenvalue weighted by atomic mass is 9.90. The van der Waals surface area contributed by atoms with Gasteiger partial charge < -0.3 is 23.7 Å². The fourth-order valence-corrected chi connectivity index (χ4v) is 2.30. The Bertz CT molecular complexity index is 421. The first-order valence-electron chi connectivity index (χ1n) is 6.92. The van der Waals surface area contributed by atoms with Gasteiger partial charge in [-0.3, -0.25) is 14.4 Å². The highest BCUT2D eigenvalue weighted by molar-refractivity contribution is 5.67. The maximum atomic E-state index is 11.3. The molecule has 0 spiro atoms. The number of methoxy groups -OCH3 is 1. The van der Waals surface area contributed by atoms with Crippen LogP contribution < -0.4 is 0 Å². The van der Waals surface area contributed by atoms with E-state index in [9.17, 15) is 14.4 Å². The summed E-state index contributed by atoms with van der Waals surface area (Å²) in [5, 5.41) is 0. The summed E-state index contributed by atoms with van der Waals surface area (Å²) in [6.45, 7) is 5.53. The molecule has 0 aromatic rings. The molecule has 1 saturated heterocycles. The third-order valence-electron chi connectivity index (χ3n) is 3.29. The van der Waals surface area contributed by atoms with E-state index in [1.807, 2.05) is 0 Å². The van der Waals surface area contributed by atoms with Gasteiger partial charge >= 0.3 is 17.9 Å². The Morgan fingerprint density at radius 1 is 0.955 bits per heavy atom. The van der Waals surface area contributed by atoms with Gasteiger partial charge in [-0.05, 0) is 0 Å². The lowest BCUT2D eigenvalue weighted by Gasteiger charge is -2.43. The number of hydrogen-bond donors (Lipinski definition) is 0. The fraction of sp³-hybridized carbons (Fsp3) is 0.786. The molecule has 1 heterocycles. The van der Waals surface area contributed by atoms with Crippen LogP contribution in [-0.4, -0.2) is 56.2 Å². The molecule has 1 fully saturated rings. The first-order chi connectivity index (χ1) is 10.3. The topological polar surface area (TPSA) is 97.4 Å². The SMILES string of the molecule is CO[C@@H]1OC(COC(C)=O)[C@@H](C)[C@@H](OC(C)=O)C1OC(C)=O. The zero-order valence-corrected chi connectivity index (χ0v) is 13.4. The average molecular weight is 318 g/mol. The molecule has 0 saturated carbocycles. The van der Waals surface area contributed by atoms with Gasteiger partial charge in [-0.1, -0.05) is 6.92 Å². The zero-order chi connectivity index (χ0) is 16.9. The number of ether oxygens (including phenoxy) is 5.